The number of carboxylic acid groups (broad SMARTS) is 1. The van der Waals surface area contributed by atoms with E-state index in [1.165, 1.54) is 30.4 Å². The number of halogens is 1. The van der Waals surface area contributed by atoms with Crippen molar-refractivity contribution in [2.45, 2.75) is 38.8 Å². The lowest BCUT2D eigenvalue weighted by Crippen LogP contribution is -2.48. The van der Waals surface area contributed by atoms with E-state index in [0.717, 1.165) is 38.6 Å². The molecule has 1 atom stereocenters. The zero-order valence-corrected chi connectivity index (χ0v) is 23.0. The molecule has 0 saturated carbocycles. The van der Waals surface area contributed by atoms with Gasteiger partial charge in [0.2, 0.25) is 0 Å². The monoisotopic (exact) mass is 560 g/mol. The molecule has 9 nitrogen and oxygen atoms in total. The highest BCUT2D eigenvalue weighted by atomic mass is 35.5. The van der Waals surface area contributed by atoms with Gasteiger partial charge >= 0.3 is 5.97 Å². The average Bonchev–Trinajstić information content (AvgIpc) is 3.60. The van der Waals surface area contributed by atoms with Gasteiger partial charge in [0.05, 0.1) is 35.4 Å². The van der Waals surface area contributed by atoms with E-state index >= 15 is 0 Å². The smallest absolute Gasteiger partial charge is 0.317 e. The molecular weight excluding hydrogens is 532 g/mol. The summed E-state index contributed by atoms with van der Waals surface area (Å²) in [4.78, 5) is 45.3. The van der Waals surface area contributed by atoms with E-state index in [2.05, 4.69) is 26.7 Å². The van der Waals surface area contributed by atoms with Gasteiger partial charge in [0.15, 0.2) is 5.78 Å². The van der Waals surface area contributed by atoms with Crippen molar-refractivity contribution in [3.8, 4) is 11.3 Å². The van der Waals surface area contributed by atoms with E-state index in [1.807, 2.05) is 16.3 Å². The van der Waals surface area contributed by atoms with Gasteiger partial charge in [-0.3, -0.25) is 19.4 Å². The predicted octanol–water partition coefficient (Wildman–Crippen LogP) is 3.93. The third kappa shape index (κ3) is 6.35. The fourth-order valence-electron chi connectivity index (χ4n) is 4.84. The van der Waals surface area contributed by atoms with Crippen molar-refractivity contribution in [3.63, 3.8) is 0 Å². The Kier molecular flexibility index (Phi) is 8.15. The van der Waals surface area contributed by atoms with Crippen molar-refractivity contribution in [1.82, 2.24) is 24.8 Å². The van der Waals surface area contributed by atoms with Crippen LogP contribution in [-0.2, 0) is 17.8 Å². The number of rotatable bonds is 9. The number of thiophene rings is 1. The fourth-order valence-corrected chi connectivity index (χ4v) is 6.82. The first kappa shape index (κ1) is 26.2. The van der Waals surface area contributed by atoms with E-state index < -0.39 is 5.97 Å². The van der Waals surface area contributed by atoms with E-state index in [4.69, 9.17) is 21.7 Å². The Balaban J connectivity index is 1.26. The Morgan fingerprint density at radius 2 is 1.97 bits per heavy atom. The number of carbonyl (C=O) groups excluding carboxylic acids is 1. The van der Waals surface area contributed by atoms with E-state index in [-0.39, 0.29) is 18.7 Å². The minimum Gasteiger partial charge on any atom is -0.480 e. The number of piperazine rings is 1. The van der Waals surface area contributed by atoms with Gasteiger partial charge in [-0.25, -0.2) is 15.0 Å². The summed E-state index contributed by atoms with van der Waals surface area (Å²) in [5.74, 6) is -0.241. The third-order valence-electron chi connectivity index (χ3n) is 6.91. The Morgan fingerprint density at radius 3 is 2.59 bits per heavy atom. The van der Waals surface area contributed by atoms with Gasteiger partial charge in [-0.1, -0.05) is 11.6 Å². The molecule has 0 aromatic carbocycles. The van der Waals surface area contributed by atoms with E-state index in [1.54, 1.807) is 17.5 Å². The van der Waals surface area contributed by atoms with E-state index in [0.29, 0.717) is 43.7 Å². The van der Waals surface area contributed by atoms with Gasteiger partial charge in [-0.05, 0) is 32.4 Å². The maximum atomic E-state index is 13.1. The molecule has 2 fully saturated rings. The van der Waals surface area contributed by atoms with Crippen LogP contribution >= 0.6 is 34.3 Å². The molecule has 0 amide bonds. The highest BCUT2D eigenvalue weighted by Gasteiger charge is 2.25. The van der Waals surface area contributed by atoms with Gasteiger partial charge in [0, 0.05) is 54.6 Å². The molecule has 3 aromatic rings. The number of anilines is 1. The number of carbonyl (C=O) groups is 2. The summed E-state index contributed by atoms with van der Waals surface area (Å²) >= 11 is 9.28. The standard InChI is InChI=1S/C25H29ClN6O3S2/c1-16-3-2-4-32(16)13-20-25(17-9-21(26)36-15-17)29-23(37-20)10-19(33)18-11-28-22(12-27-18)31-7-5-30(6-8-31)14-24(34)35/h9,11-12,15-16H,2-8,10,13-14H2,1H3,(H,34,35)/t16-/m1/s1. The number of likely N-dealkylation sites (tertiary alicyclic amines) is 1. The van der Waals surface area contributed by atoms with Gasteiger partial charge in [0.1, 0.15) is 16.5 Å². The normalized spacial score (nSPS) is 19.0. The second kappa shape index (κ2) is 11.5. The molecule has 5 heterocycles. The number of nitrogens with zero attached hydrogens (tertiary/aromatic N) is 6. The van der Waals surface area contributed by atoms with Crippen molar-refractivity contribution >= 4 is 51.8 Å². The summed E-state index contributed by atoms with van der Waals surface area (Å²) in [6.07, 6.45) is 5.74. The van der Waals surface area contributed by atoms with Crippen LogP contribution < -0.4 is 4.90 Å². The number of ketones is 1. The third-order valence-corrected chi connectivity index (χ3v) is 9.04. The van der Waals surface area contributed by atoms with Crippen LogP contribution in [0.2, 0.25) is 4.34 Å². The molecular formula is C25H29ClN6O3S2. The molecule has 1 N–H and O–H groups in total. The summed E-state index contributed by atoms with van der Waals surface area (Å²) < 4.78 is 0.722. The second-order valence-corrected chi connectivity index (χ2v) is 12.2. The van der Waals surface area contributed by atoms with Crippen LogP contribution in [0.1, 0.15) is 40.1 Å². The molecule has 196 valence electrons. The van der Waals surface area contributed by atoms with E-state index in [9.17, 15) is 9.59 Å². The lowest BCUT2D eigenvalue weighted by Gasteiger charge is -2.34. The van der Waals surface area contributed by atoms with Gasteiger partial charge in [-0.15, -0.1) is 22.7 Å². The summed E-state index contributed by atoms with van der Waals surface area (Å²) in [5.41, 5.74) is 2.23. The number of aromatic nitrogens is 3. The van der Waals surface area contributed by atoms with Gasteiger partial charge in [0.25, 0.3) is 0 Å². The first-order valence-electron chi connectivity index (χ1n) is 12.4. The largest absolute Gasteiger partial charge is 0.480 e. The quantitative estimate of drug-likeness (QED) is 0.390. The summed E-state index contributed by atoms with van der Waals surface area (Å²) in [5, 5.41) is 11.8. The molecule has 3 aromatic heterocycles. The predicted molar refractivity (Wildman–Crippen MR) is 146 cm³/mol. The highest BCUT2D eigenvalue weighted by molar-refractivity contribution is 7.15. The molecule has 37 heavy (non-hydrogen) atoms. The molecule has 0 aliphatic carbocycles. The van der Waals surface area contributed by atoms with Gasteiger partial charge < -0.3 is 10.0 Å². The molecule has 0 spiro atoms. The number of Topliss-reactive ketones (excluding diaryl/α,β-unsaturated/α-hetero) is 1. The van der Waals surface area contributed by atoms with Gasteiger partial charge in [-0.2, -0.15) is 0 Å². The zero-order chi connectivity index (χ0) is 25.9. The Bertz CT molecular complexity index is 1260. The molecule has 12 heteroatoms. The second-order valence-electron chi connectivity index (χ2n) is 9.50. The minimum absolute atomic E-state index is 0.0453. The SMILES string of the molecule is C[C@@H]1CCCN1Cc1sc(CC(=O)c2cnc(N3CCN(CC(=O)O)CC3)cn2)nc1-c1csc(Cl)c1. The van der Waals surface area contributed by atoms with Crippen molar-refractivity contribution in [2.75, 3.05) is 44.2 Å². The molecule has 5 rings (SSSR count). The van der Waals surface area contributed by atoms with Crippen molar-refractivity contribution < 1.29 is 14.7 Å². The van der Waals surface area contributed by atoms with Crippen LogP contribution in [0.25, 0.3) is 11.3 Å². The lowest BCUT2D eigenvalue weighted by atomic mass is 10.2. The van der Waals surface area contributed by atoms with Crippen molar-refractivity contribution in [1.29, 1.82) is 0 Å². The first-order valence-corrected chi connectivity index (χ1v) is 14.4. The lowest BCUT2D eigenvalue weighted by molar-refractivity contribution is -0.138. The zero-order valence-electron chi connectivity index (χ0n) is 20.6. The molecule has 2 aliphatic heterocycles. The number of carboxylic acids is 1. The van der Waals surface area contributed by atoms with Crippen molar-refractivity contribution in [3.05, 3.63) is 43.8 Å². The minimum atomic E-state index is -0.819. The Hall–Kier alpha value is -2.44. The van der Waals surface area contributed by atoms with Crippen LogP contribution in [0.15, 0.2) is 23.8 Å². The molecule has 2 aliphatic rings. The van der Waals surface area contributed by atoms with Crippen molar-refractivity contribution in [2.24, 2.45) is 0 Å². The average molecular weight is 561 g/mol. The maximum absolute atomic E-state index is 13.1. The van der Waals surface area contributed by atoms with Crippen LogP contribution in [0.4, 0.5) is 5.82 Å². The number of aliphatic carboxylic acids is 1. The van der Waals surface area contributed by atoms with Crippen LogP contribution in [0, 0.1) is 0 Å². The summed E-state index contributed by atoms with van der Waals surface area (Å²) in [6, 6.07) is 2.48. The fraction of sp³-hybridized carbons (Fsp3) is 0.480. The van der Waals surface area contributed by atoms with Crippen LogP contribution in [-0.4, -0.2) is 86.9 Å². The highest BCUT2D eigenvalue weighted by Crippen LogP contribution is 2.35. The summed E-state index contributed by atoms with van der Waals surface area (Å²) in [7, 11) is 0. The summed E-state index contributed by atoms with van der Waals surface area (Å²) in [6.45, 7) is 6.84. The first-order chi connectivity index (χ1) is 17.9. The molecule has 0 bridgehead atoms. The van der Waals surface area contributed by atoms with Crippen LogP contribution in [0.5, 0.6) is 0 Å². The maximum Gasteiger partial charge on any atom is 0.317 e. The molecule has 0 unspecified atom stereocenters. The van der Waals surface area contributed by atoms with Crippen LogP contribution in [0.3, 0.4) is 0 Å². The Labute approximate surface area is 228 Å². The molecule has 2 saturated heterocycles. The molecule has 0 radical (unpaired) electrons. The number of hydrogen-bond donors (Lipinski definition) is 1. The number of hydrogen-bond acceptors (Lipinski definition) is 10. The Morgan fingerprint density at radius 1 is 1.16 bits per heavy atom. The number of thiazole rings is 1. The topological polar surface area (TPSA) is 103 Å².